The first-order valence-electron chi connectivity index (χ1n) is 13.1. The highest BCUT2D eigenvalue weighted by Gasteiger charge is 2.48. The van der Waals surface area contributed by atoms with Crippen molar-refractivity contribution < 1.29 is 57.5 Å². The zero-order chi connectivity index (χ0) is 30.4. The zero-order valence-corrected chi connectivity index (χ0v) is 23.1. The maximum Gasteiger partial charge on any atom is 0.407 e. The molecule has 0 bridgehead atoms. The van der Waals surface area contributed by atoms with E-state index in [-0.39, 0.29) is 19.1 Å². The van der Waals surface area contributed by atoms with Crippen LogP contribution in [0.25, 0.3) is 11.1 Å². The summed E-state index contributed by atoms with van der Waals surface area (Å²) in [7, 11) is 0. The monoisotopic (exact) mass is 585 g/mol. The number of carbonyl (C=O) groups excluding carboxylic acids is 4. The Labute approximate surface area is 241 Å². The number of amides is 1. The van der Waals surface area contributed by atoms with Gasteiger partial charge in [-0.2, -0.15) is 0 Å². The number of carboxylic acid groups (broad SMARTS) is 1. The molecule has 4 rings (SSSR count). The van der Waals surface area contributed by atoms with Crippen LogP contribution in [0.5, 0.6) is 0 Å². The molecule has 1 fully saturated rings. The summed E-state index contributed by atoms with van der Waals surface area (Å²) in [5.74, 6) is -3.90. The van der Waals surface area contributed by atoms with Crippen LogP contribution in [0.15, 0.2) is 48.5 Å². The van der Waals surface area contributed by atoms with Crippen molar-refractivity contribution in [1.82, 2.24) is 5.32 Å². The minimum absolute atomic E-state index is 0.0328. The second-order valence-corrected chi connectivity index (χ2v) is 9.69. The first kappa shape index (κ1) is 30.5. The van der Waals surface area contributed by atoms with Crippen molar-refractivity contribution in [2.24, 2.45) is 0 Å². The quantitative estimate of drug-likeness (QED) is 0.308. The summed E-state index contributed by atoms with van der Waals surface area (Å²) in [5.41, 5.74) is 4.06. The van der Waals surface area contributed by atoms with Crippen LogP contribution in [0.1, 0.15) is 37.8 Å². The molecule has 2 aromatic rings. The fraction of sp³-hybridized carbons (Fsp3) is 0.414. The molecule has 1 saturated heterocycles. The van der Waals surface area contributed by atoms with Gasteiger partial charge in [-0.3, -0.25) is 14.4 Å². The zero-order valence-electron chi connectivity index (χ0n) is 23.1. The average molecular weight is 586 g/mol. The van der Waals surface area contributed by atoms with Gasteiger partial charge in [0.1, 0.15) is 6.61 Å². The Bertz CT molecular complexity index is 1300. The number of benzene rings is 2. The minimum Gasteiger partial charge on any atom is -0.480 e. The summed E-state index contributed by atoms with van der Waals surface area (Å²) in [6.07, 6.45) is -6.23. The van der Waals surface area contributed by atoms with Crippen molar-refractivity contribution in [3.8, 4) is 11.1 Å². The van der Waals surface area contributed by atoms with E-state index in [1.807, 2.05) is 48.5 Å². The number of aliphatic carboxylic acids is 1. The molecule has 1 aliphatic heterocycles. The largest absolute Gasteiger partial charge is 0.480 e. The number of rotatable bonds is 10. The van der Waals surface area contributed by atoms with Crippen molar-refractivity contribution in [3.05, 3.63) is 59.7 Å². The summed E-state index contributed by atoms with van der Waals surface area (Å²) in [6, 6.07) is 13.9. The topological polar surface area (TPSA) is 173 Å². The molecule has 2 aliphatic rings. The molecule has 1 heterocycles. The van der Waals surface area contributed by atoms with Gasteiger partial charge in [0.2, 0.25) is 0 Å². The van der Waals surface area contributed by atoms with Crippen molar-refractivity contribution in [3.63, 3.8) is 0 Å². The van der Waals surface area contributed by atoms with Gasteiger partial charge in [-0.1, -0.05) is 48.5 Å². The fourth-order valence-electron chi connectivity index (χ4n) is 5.00. The third-order valence-corrected chi connectivity index (χ3v) is 6.67. The summed E-state index contributed by atoms with van der Waals surface area (Å²) >= 11 is 0. The molecule has 0 saturated carbocycles. The van der Waals surface area contributed by atoms with Crippen molar-refractivity contribution >= 4 is 30.0 Å². The predicted octanol–water partition coefficient (Wildman–Crippen LogP) is 2.15. The second-order valence-electron chi connectivity index (χ2n) is 9.69. The van der Waals surface area contributed by atoms with Gasteiger partial charge in [0, 0.05) is 26.7 Å². The second kappa shape index (κ2) is 13.4. The summed E-state index contributed by atoms with van der Waals surface area (Å²) in [6.45, 7) is 2.37. The molecule has 224 valence electrons. The lowest BCUT2D eigenvalue weighted by Gasteiger charge is -2.40. The lowest BCUT2D eigenvalue weighted by molar-refractivity contribution is -0.281. The number of hydrogen-bond donors (Lipinski definition) is 2. The van der Waals surface area contributed by atoms with Gasteiger partial charge in [-0.25, -0.2) is 9.59 Å². The third kappa shape index (κ3) is 7.22. The van der Waals surface area contributed by atoms with E-state index in [1.54, 1.807) is 0 Å². The number of hydrogen-bond acceptors (Lipinski definition) is 11. The van der Waals surface area contributed by atoms with Gasteiger partial charge >= 0.3 is 30.0 Å². The first-order valence-corrected chi connectivity index (χ1v) is 13.1. The van der Waals surface area contributed by atoms with E-state index in [0.29, 0.717) is 0 Å². The molecule has 2 N–H and O–H groups in total. The Morgan fingerprint density at radius 1 is 0.857 bits per heavy atom. The van der Waals surface area contributed by atoms with Gasteiger partial charge in [0.25, 0.3) is 0 Å². The van der Waals surface area contributed by atoms with Crippen LogP contribution in [0.3, 0.4) is 0 Å². The lowest BCUT2D eigenvalue weighted by atomic mass is 9.98. The molecule has 0 radical (unpaired) electrons. The maximum absolute atomic E-state index is 12.7. The molecule has 42 heavy (non-hydrogen) atoms. The first-order chi connectivity index (χ1) is 20.0. The Balaban J connectivity index is 1.40. The van der Waals surface area contributed by atoms with Crippen molar-refractivity contribution in [2.45, 2.75) is 57.3 Å². The summed E-state index contributed by atoms with van der Waals surface area (Å²) in [5, 5.41) is 12.0. The summed E-state index contributed by atoms with van der Waals surface area (Å²) < 4.78 is 32.1. The van der Waals surface area contributed by atoms with Crippen LogP contribution >= 0.6 is 0 Å². The van der Waals surface area contributed by atoms with E-state index >= 15 is 0 Å². The molecule has 0 spiro atoms. The Kier molecular flexibility index (Phi) is 9.76. The number of esters is 3. The van der Waals surface area contributed by atoms with Crippen molar-refractivity contribution in [1.29, 1.82) is 0 Å². The number of nitrogens with one attached hydrogen (secondary N) is 1. The Morgan fingerprint density at radius 3 is 1.95 bits per heavy atom. The number of alkyl carbamates (subject to hydrolysis) is 1. The van der Waals surface area contributed by atoms with Gasteiger partial charge in [0.15, 0.2) is 30.6 Å². The minimum atomic E-state index is -1.58. The van der Waals surface area contributed by atoms with Gasteiger partial charge in [-0.15, -0.1) is 0 Å². The fourth-order valence-corrected chi connectivity index (χ4v) is 5.00. The highest BCUT2D eigenvalue weighted by molar-refractivity contribution is 5.81. The molecule has 5 atom stereocenters. The molecular weight excluding hydrogens is 554 g/mol. The smallest absolute Gasteiger partial charge is 0.407 e. The molecule has 13 heteroatoms. The van der Waals surface area contributed by atoms with E-state index in [2.05, 4.69) is 5.32 Å². The predicted molar refractivity (Wildman–Crippen MR) is 142 cm³/mol. The molecule has 1 aliphatic carbocycles. The van der Waals surface area contributed by atoms with Crippen LogP contribution in [0.4, 0.5) is 4.79 Å². The highest BCUT2D eigenvalue weighted by atomic mass is 16.7. The van der Waals surface area contributed by atoms with E-state index in [9.17, 15) is 29.1 Å². The molecule has 0 unspecified atom stereocenters. The van der Waals surface area contributed by atoms with E-state index in [4.69, 9.17) is 28.4 Å². The van der Waals surface area contributed by atoms with E-state index in [0.717, 1.165) is 43.0 Å². The molecule has 0 aromatic heterocycles. The maximum atomic E-state index is 12.7. The molecule has 1 amide bonds. The van der Waals surface area contributed by atoms with E-state index in [1.165, 1.54) is 0 Å². The lowest BCUT2D eigenvalue weighted by Crippen LogP contribution is -2.58. The van der Waals surface area contributed by atoms with Crippen LogP contribution in [0, 0.1) is 0 Å². The number of fused-ring (bicyclic) bond motifs is 3. The average Bonchev–Trinajstić information content (AvgIpc) is 3.25. The number of carbonyl (C=O) groups is 5. The molecule has 13 nitrogen and oxygen atoms in total. The number of ether oxygens (including phenoxy) is 6. The van der Waals surface area contributed by atoms with Crippen molar-refractivity contribution in [2.75, 3.05) is 19.8 Å². The van der Waals surface area contributed by atoms with Crippen LogP contribution in [-0.2, 0) is 47.6 Å². The van der Waals surface area contributed by atoms with Crippen LogP contribution in [0.2, 0.25) is 0 Å². The molecular formula is C29H31NO12. The Hall–Kier alpha value is -4.49. The number of carboxylic acids is 1. The normalized spacial score (nSPS) is 21.7. The van der Waals surface area contributed by atoms with Crippen LogP contribution < -0.4 is 5.32 Å². The summed E-state index contributed by atoms with van der Waals surface area (Å²) in [4.78, 5) is 59.6. The third-order valence-electron chi connectivity index (χ3n) is 6.67. The van der Waals surface area contributed by atoms with E-state index < -0.39 is 67.2 Å². The molecule has 2 aromatic carbocycles. The van der Waals surface area contributed by atoms with Crippen LogP contribution in [-0.4, -0.2) is 85.5 Å². The van der Waals surface area contributed by atoms with Gasteiger partial charge in [-0.05, 0) is 22.3 Å². The SMILES string of the molecule is CC(=O)O[C@@H]1[C@@H](OC(C)=O)[C@H](OC[C@H](NC(=O)OCC2c3ccccc3-c3ccccc32)C(=O)O)OC[C@H]1OC(C)=O. The standard InChI is InChI=1S/C29H31NO12/c1-15(31)40-24-14-38-28(26(42-17(3)33)25(24)41-16(2)32)37-13-23(27(34)35)30-29(36)39-12-22-20-10-6-4-8-18(20)19-9-5-7-11-21(19)22/h4-11,22-26,28H,12-14H2,1-3H3,(H,30,36)(H,34,35)/t23-,24+,25-,26+,28+/m0/s1. The van der Waals surface area contributed by atoms with Gasteiger partial charge < -0.3 is 38.8 Å². The highest BCUT2D eigenvalue weighted by Crippen LogP contribution is 2.44. The van der Waals surface area contributed by atoms with Gasteiger partial charge in [0.05, 0.1) is 13.2 Å². The Morgan fingerprint density at radius 2 is 1.40 bits per heavy atom.